The highest BCUT2D eigenvalue weighted by Crippen LogP contribution is 2.51. The number of rotatable bonds is 25. The first-order valence-electron chi connectivity index (χ1n) is 36.1. The SMILES string of the molecule is CCCCCCCC(C)c1cc(-c2ccc(N(c3ccc(-c4ccccc4)cc3)c3ccc(C(C)(C)C)cc3)cc2)c2ccccc2c1-c1c(C(C)CCCCCCC)cc(-c2ccc(N(c3ccc(-c4ccccc4)cc3)c3ccc(C(C)(C)C)cc3)cc2)c2ccccc12. The van der Waals surface area contributed by atoms with E-state index in [4.69, 9.17) is 0 Å². The second-order valence-corrected chi connectivity index (χ2v) is 29.3. The van der Waals surface area contributed by atoms with Crippen LogP contribution < -0.4 is 9.80 Å². The minimum Gasteiger partial charge on any atom is -0.311 e. The van der Waals surface area contributed by atoms with Gasteiger partial charge < -0.3 is 9.80 Å². The summed E-state index contributed by atoms with van der Waals surface area (Å²) in [6, 6.07) is 101. The van der Waals surface area contributed by atoms with Gasteiger partial charge in [-0.25, -0.2) is 0 Å². The van der Waals surface area contributed by atoms with Crippen molar-refractivity contribution in [1.82, 2.24) is 0 Å². The smallest absolute Gasteiger partial charge is 0.0462 e. The molecule has 96 heavy (non-hydrogen) atoms. The molecule has 0 spiro atoms. The molecule has 0 aliphatic heterocycles. The van der Waals surface area contributed by atoms with Crippen LogP contribution in [0.4, 0.5) is 34.1 Å². The van der Waals surface area contributed by atoms with Crippen LogP contribution in [0.15, 0.2) is 267 Å². The Kier molecular flexibility index (Phi) is 21.0. The predicted molar refractivity (Wildman–Crippen MR) is 419 cm³/mol. The van der Waals surface area contributed by atoms with Crippen LogP contribution in [0, 0.1) is 0 Å². The monoisotopic (exact) mass is 1260 g/mol. The molecule has 2 unspecified atom stereocenters. The normalized spacial score (nSPS) is 12.5. The Bertz CT molecular complexity index is 4180. The second kappa shape index (κ2) is 30.2. The third-order valence-electron chi connectivity index (χ3n) is 20.3. The average molecular weight is 1260 g/mol. The fraction of sp³-hybridized carbons (Fsp3) is 0.277. The Labute approximate surface area is 575 Å². The maximum absolute atomic E-state index is 2.63. The Morgan fingerprint density at radius 3 is 0.833 bits per heavy atom. The lowest BCUT2D eigenvalue weighted by atomic mass is 9.76. The van der Waals surface area contributed by atoms with Crippen molar-refractivity contribution in [3.63, 3.8) is 0 Å². The van der Waals surface area contributed by atoms with Gasteiger partial charge in [-0.15, -0.1) is 0 Å². The van der Waals surface area contributed by atoms with Crippen molar-refractivity contribution in [3.8, 4) is 55.6 Å². The summed E-state index contributed by atoms with van der Waals surface area (Å²) < 4.78 is 0. The number of benzene rings is 12. The fourth-order valence-electron chi connectivity index (χ4n) is 14.6. The van der Waals surface area contributed by atoms with E-state index in [0.717, 1.165) is 47.0 Å². The molecule has 0 bridgehead atoms. The first kappa shape index (κ1) is 66.8. The van der Waals surface area contributed by atoms with Gasteiger partial charge in [-0.1, -0.05) is 315 Å². The zero-order valence-electron chi connectivity index (χ0n) is 58.9. The minimum absolute atomic E-state index is 0.0479. The molecule has 0 saturated heterocycles. The highest BCUT2D eigenvalue weighted by atomic mass is 15.1. The van der Waals surface area contributed by atoms with Gasteiger partial charge in [-0.3, -0.25) is 0 Å². The van der Waals surface area contributed by atoms with Crippen molar-refractivity contribution in [3.05, 3.63) is 289 Å². The van der Waals surface area contributed by atoms with Gasteiger partial charge in [0.15, 0.2) is 0 Å². The molecule has 0 aliphatic rings. The summed E-state index contributed by atoms with van der Waals surface area (Å²) in [5.41, 5.74) is 25.2. The van der Waals surface area contributed by atoms with Crippen LogP contribution in [0.2, 0.25) is 0 Å². The van der Waals surface area contributed by atoms with Crippen molar-refractivity contribution in [1.29, 1.82) is 0 Å². The Balaban J connectivity index is 0.994. The Morgan fingerprint density at radius 2 is 0.531 bits per heavy atom. The molecule has 0 heterocycles. The van der Waals surface area contributed by atoms with E-state index in [1.807, 2.05) is 0 Å². The van der Waals surface area contributed by atoms with Crippen LogP contribution in [0.1, 0.15) is 180 Å². The van der Waals surface area contributed by atoms with E-state index in [9.17, 15) is 0 Å². The summed E-state index contributed by atoms with van der Waals surface area (Å²) in [6.45, 7) is 23.5. The third kappa shape index (κ3) is 15.1. The summed E-state index contributed by atoms with van der Waals surface area (Å²) >= 11 is 0. The largest absolute Gasteiger partial charge is 0.311 e. The van der Waals surface area contributed by atoms with E-state index in [2.05, 4.69) is 346 Å². The lowest BCUT2D eigenvalue weighted by Crippen LogP contribution is -2.13. The zero-order valence-corrected chi connectivity index (χ0v) is 58.9. The molecule has 2 atom stereocenters. The van der Waals surface area contributed by atoms with E-state index < -0.39 is 0 Å². The molecule has 0 N–H and O–H groups in total. The van der Waals surface area contributed by atoms with Gasteiger partial charge in [0.05, 0.1) is 0 Å². The molecular formula is C94H100N2. The van der Waals surface area contributed by atoms with Gasteiger partial charge >= 0.3 is 0 Å². The van der Waals surface area contributed by atoms with Gasteiger partial charge in [0.2, 0.25) is 0 Å². The highest BCUT2D eigenvalue weighted by molar-refractivity contribution is 6.14. The maximum Gasteiger partial charge on any atom is 0.0462 e. The molecular weight excluding hydrogens is 1160 g/mol. The van der Waals surface area contributed by atoms with E-state index in [0.29, 0.717) is 11.8 Å². The Hall–Kier alpha value is -9.24. The molecule has 2 heteroatoms. The predicted octanol–water partition coefficient (Wildman–Crippen LogP) is 28.8. The molecule has 0 aliphatic carbocycles. The van der Waals surface area contributed by atoms with Crippen LogP contribution in [-0.2, 0) is 10.8 Å². The van der Waals surface area contributed by atoms with Crippen LogP contribution in [-0.4, -0.2) is 0 Å². The lowest BCUT2D eigenvalue weighted by Gasteiger charge is -2.28. The van der Waals surface area contributed by atoms with E-state index in [1.54, 1.807) is 0 Å². The quantitative estimate of drug-likeness (QED) is 0.0526. The van der Waals surface area contributed by atoms with Gasteiger partial charge in [0.25, 0.3) is 0 Å². The number of nitrogens with zero attached hydrogens (tertiary/aromatic N) is 2. The molecule has 0 fully saturated rings. The van der Waals surface area contributed by atoms with Crippen molar-refractivity contribution in [2.24, 2.45) is 0 Å². The molecule has 0 radical (unpaired) electrons. The molecule has 486 valence electrons. The van der Waals surface area contributed by atoms with Crippen LogP contribution >= 0.6 is 0 Å². The van der Waals surface area contributed by atoms with Gasteiger partial charge in [-0.05, 0) is 220 Å². The molecule has 0 aromatic heterocycles. The van der Waals surface area contributed by atoms with Crippen molar-refractivity contribution >= 4 is 55.7 Å². The highest BCUT2D eigenvalue weighted by Gasteiger charge is 2.27. The number of anilines is 6. The molecule has 0 amide bonds. The summed E-state index contributed by atoms with van der Waals surface area (Å²) in [6.07, 6.45) is 14.9. The first-order chi connectivity index (χ1) is 46.7. The Morgan fingerprint density at radius 1 is 0.271 bits per heavy atom. The number of hydrogen-bond acceptors (Lipinski definition) is 2. The first-order valence-corrected chi connectivity index (χ1v) is 36.1. The van der Waals surface area contributed by atoms with Crippen LogP contribution in [0.25, 0.3) is 77.2 Å². The van der Waals surface area contributed by atoms with E-state index in [1.165, 1.54) is 164 Å². The molecule has 12 aromatic carbocycles. The van der Waals surface area contributed by atoms with Crippen molar-refractivity contribution in [2.75, 3.05) is 9.80 Å². The average Bonchev–Trinajstić information content (AvgIpc) is 0.728. The van der Waals surface area contributed by atoms with E-state index >= 15 is 0 Å². The van der Waals surface area contributed by atoms with Gasteiger partial charge in [0.1, 0.15) is 0 Å². The standard InChI is InChI=1S/C94H100N2/c1-11-13-15-17-21-31-67(3)87-65-89(73-45-57-79(58-46-73)95(81-61-49-75(50-62-81)93(5,6)7)77-53-41-71(42-54-77)69-33-23-19-24-34-69)83-37-27-29-39-85(83)91(87)92-86-40-30-28-38-84(86)90(66-88(92)68(4)32-22-18-16-14-12-2)74-47-59-80(60-48-74)96(82-63-51-76(52-64-82)94(8,9)10)78-55-43-72(44-56-78)70-35-25-20-26-36-70/h19-20,23-30,33-68H,11-18,21-22,31-32H2,1-10H3. The number of hydrogen-bond donors (Lipinski definition) is 0. The van der Waals surface area contributed by atoms with E-state index in [-0.39, 0.29) is 10.8 Å². The number of fused-ring (bicyclic) bond motifs is 2. The van der Waals surface area contributed by atoms with Gasteiger partial charge in [0, 0.05) is 34.1 Å². The fourth-order valence-corrected chi connectivity index (χ4v) is 14.6. The van der Waals surface area contributed by atoms with Gasteiger partial charge in [-0.2, -0.15) is 0 Å². The summed E-state index contributed by atoms with van der Waals surface area (Å²) in [7, 11) is 0. The van der Waals surface area contributed by atoms with Crippen molar-refractivity contribution in [2.45, 2.75) is 169 Å². The maximum atomic E-state index is 2.63. The second-order valence-electron chi connectivity index (χ2n) is 29.3. The molecule has 12 aromatic rings. The topological polar surface area (TPSA) is 6.48 Å². The molecule has 12 rings (SSSR count). The summed E-state index contributed by atoms with van der Waals surface area (Å²) in [5.74, 6) is 0.639. The lowest BCUT2D eigenvalue weighted by molar-refractivity contribution is 0.566. The summed E-state index contributed by atoms with van der Waals surface area (Å²) in [4.78, 5) is 4.84. The van der Waals surface area contributed by atoms with Crippen LogP contribution in [0.3, 0.4) is 0 Å². The summed E-state index contributed by atoms with van der Waals surface area (Å²) in [5, 5.41) is 5.24. The molecule has 0 saturated carbocycles. The van der Waals surface area contributed by atoms with Crippen molar-refractivity contribution < 1.29 is 0 Å². The molecule has 2 nitrogen and oxygen atoms in total. The third-order valence-corrected chi connectivity index (χ3v) is 20.3. The number of unbranched alkanes of at least 4 members (excludes halogenated alkanes) is 8. The van der Waals surface area contributed by atoms with Crippen LogP contribution in [0.5, 0.6) is 0 Å². The zero-order chi connectivity index (χ0) is 66.8. The minimum atomic E-state index is 0.0479.